The predicted octanol–water partition coefficient (Wildman–Crippen LogP) is 3.18. The summed E-state index contributed by atoms with van der Waals surface area (Å²) in [6.07, 6.45) is 7.63. The van der Waals surface area contributed by atoms with Crippen molar-refractivity contribution in [1.82, 2.24) is 9.88 Å². The zero-order chi connectivity index (χ0) is 13.1. The highest BCUT2D eigenvalue weighted by atomic mass is 16.5. The summed E-state index contributed by atoms with van der Waals surface area (Å²) in [7, 11) is 1.73. The second kappa shape index (κ2) is 5.66. The highest BCUT2D eigenvalue weighted by molar-refractivity contribution is 5.86. The van der Waals surface area contributed by atoms with E-state index in [1.165, 1.54) is 36.6 Å². The van der Waals surface area contributed by atoms with E-state index in [0.29, 0.717) is 0 Å². The number of nitrogens with one attached hydrogen (secondary N) is 1. The Balaban J connectivity index is 1.67. The smallest absolute Gasteiger partial charge is 0.128 e. The van der Waals surface area contributed by atoms with E-state index in [-0.39, 0.29) is 0 Å². The van der Waals surface area contributed by atoms with Gasteiger partial charge < -0.3 is 14.6 Å². The van der Waals surface area contributed by atoms with Gasteiger partial charge in [-0.05, 0) is 31.0 Å². The third kappa shape index (κ3) is 2.61. The molecule has 0 radical (unpaired) electrons. The van der Waals surface area contributed by atoms with Crippen LogP contribution in [0.25, 0.3) is 10.9 Å². The molecule has 0 saturated heterocycles. The molecule has 0 amide bonds. The van der Waals surface area contributed by atoms with E-state index in [4.69, 9.17) is 4.74 Å². The zero-order valence-electron chi connectivity index (χ0n) is 11.6. The van der Waals surface area contributed by atoms with E-state index in [2.05, 4.69) is 34.3 Å². The molecule has 102 valence electrons. The van der Waals surface area contributed by atoms with Crippen molar-refractivity contribution < 1.29 is 4.74 Å². The van der Waals surface area contributed by atoms with Gasteiger partial charge in [-0.2, -0.15) is 0 Å². The van der Waals surface area contributed by atoms with Crippen LogP contribution >= 0.6 is 0 Å². The van der Waals surface area contributed by atoms with Gasteiger partial charge in [0.1, 0.15) is 5.75 Å². The molecule has 0 spiro atoms. The molecule has 1 N–H and O–H groups in total. The number of rotatable bonds is 5. The summed E-state index contributed by atoms with van der Waals surface area (Å²) >= 11 is 0. The average molecular weight is 258 g/mol. The maximum absolute atomic E-state index is 5.40. The molecule has 1 aromatic heterocycles. The van der Waals surface area contributed by atoms with Crippen molar-refractivity contribution in [3.8, 4) is 5.75 Å². The molecule has 2 aromatic rings. The molecule has 1 aliphatic rings. The first-order valence-corrected chi connectivity index (χ1v) is 7.24. The zero-order valence-corrected chi connectivity index (χ0v) is 11.6. The van der Waals surface area contributed by atoms with Crippen molar-refractivity contribution in [2.45, 2.75) is 38.3 Å². The van der Waals surface area contributed by atoms with E-state index < -0.39 is 0 Å². The molecule has 3 heteroatoms. The molecule has 0 aliphatic heterocycles. The third-order valence-corrected chi connectivity index (χ3v) is 4.13. The SMILES string of the molecule is COc1cccc2c1ccn2CCNC1CCCC1. The quantitative estimate of drug-likeness (QED) is 0.891. The largest absolute Gasteiger partial charge is 0.496 e. The minimum Gasteiger partial charge on any atom is -0.496 e. The van der Waals surface area contributed by atoms with E-state index in [1.54, 1.807) is 7.11 Å². The van der Waals surface area contributed by atoms with Crippen LogP contribution in [0.1, 0.15) is 25.7 Å². The van der Waals surface area contributed by atoms with E-state index in [0.717, 1.165) is 24.9 Å². The molecular formula is C16H22N2O. The van der Waals surface area contributed by atoms with Gasteiger partial charge in [0.2, 0.25) is 0 Å². The minimum absolute atomic E-state index is 0.747. The van der Waals surface area contributed by atoms with Crippen molar-refractivity contribution in [3.63, 3.8) is 0 Å². The first-order chi connectivity index (χ1) is 9.38. The monoisotopic (exact) mass is 258 g/mol. The summed E-state index contributed by atoms with van der Waals surface area (Å²) in [6, 6.07) is 9.12. The van der Waals surface area contributed by atoms with Crippen molar-refractivity contribution in [2.24, 2.45) is 0 Å². The van der Waals surface area contributed by atoms with Crippen LogP contribution in [0.2, 0.25) is 0 Å². The van der Waals surface area contributed by atoms with E-state index in [1.807, 2.05) is 6.07 Å². The van der Waals surface area contributed by atoms with Gasteiger partial charge in [0.25, 0.3) is 0 Å². The predicted molar refractivity (Wildman–Crippen MR) is 78.7 cm³/mol. The maximum atomic E-state index is 5.40. The number of benzene rings is 1. The molecule has 3 rings (SSSR count). The van der Waals surface area contributed by atoms with Gasteiger partial charge in [0.05, 0.1) is 12.6 Å². The van der Waals surface area contributed by atoms with Gasteiger partial charge in [-0.25, -0.2) is 0 Å². The second-order valence-corrected chi connectivity index (χ2v) is 5.34. The topological polar surface area (TPSA) is 26.2 Å². The molecule has 19 heavy (non-hydrogen) atoms. The summed E-state index contributed by atoms with van der Waals surface area (Å²) in [5.74, 6) is 0.958. The Bertz CT molecular complexity index is 541. The number of methoxy groups -OCH3 is 1. The third-order valence-electron chi connectivity index (χ3n) is 4.13. The summed E-state index contributed by atoms with van der Waals surface area (Å²) < 4.78 is 7.70. The lowest BCUT2D eigenvalue weighted by atomic mass is 10.2. The minimum atomic E-state index is 0.747. The highest BCUT2D eigenvalue weighted by Gasteiger charge is 2.13. The molecule has 3 nitrogen and oxygen atoms in total. The lowest BCUT2D eigenvalue weighted by Crippen LogP contribution is -2.29. The molecule has 1 aliphatic carbocycles. The van der Waals surface area contributed by atoms with Crippen molar-refractivity contribution >= 4 is 10.9 Å². The maximum Gasteiger partial charge on any atom is 0.128 e. The van der Waals surface area contributed by atoms with E-state index in [9.17, 15) is 0 Å². The molecule has 1 aromatic carbocycles. The normalized spacial score (nSPS) is 16.3. The summed E-state index contributed by atoms with van der Waals surface area (Å²) in [6.45, 7) is 2.07. The molecule has 1 fully saturated rings. The Morgan fingerprint density at radius 2 is 2.11 bits per heavy atom. The average Bonchev–Trinajstić information content (AvgIpc) is 3.08. The molecule has 0 bridgehead atoms. The molecule has 1 heterocycles. The van der Waals surface area contributed by atoms with Crippen LogP contribution in [-0.2, 0) is 6.54 Å². The number of hydrogen-bond acceptors (Lipinski definition) is 2. The summed E-state index contributed by atoms with van der Waals surface area (Å²) in [5, 5.41) is 4.86. The Kier molecular flexibility index (Phi) is 3.74. The standard InChI is InChI=1S/C16H22N2O/c1-19-16-8-4-7-15-14(16)9-11-18(15)12-10-17-13-5-2-3-6-13/h4,7-9,11,13,17H,2-3,5-6,10,12H2,1H3. The van der Waals surface area contributed by atoms with Gasteiger partial charge in [-0.15, -0.1) is 0 Å². The fourth-order valence-corrected chi connectivity index (χ4v) is 3.09. The van der Waals surface area contributed by atoms with Gasteiger partial charge >= 0.3 is 0 Å². The summed E-state index contributed by atoms with van der Waals surface area (Å²) in [5.41, 5.74) is 1.26. The fourth-order valence-electron chi connectivity index (χ4n) is 3.09. The van der Waals surface area contributed by atoms with Crippen LogP contribution in [0.5, 0.6) is 5.75 Å². The first kappa shape index (κ1) is 12.5. The molecule has 1 saturated carbocycles. The highest BCUT2D eigenvalue weighted by Crippen LogP contribution is 2.26. The van der Waals surface area contributed by atoms with Crippen LogP contribution in [0.15, 0.2) is 30.5 Å². The van der Waals surface area contributed by atoms with Gasteiger partial charge in [0, 0.05) is 30.7 Å². The first-order valence-electron chi connectivity index (χ1n) is 7.24. The Labute approximate surface area is 114 Å². The van der Waals surface area contributed by atoms with E-state index >= 15 is 0 Å². The van der Waals surface area contributed by atoms with Crippen molar-refractivity contribution in [1.29, 1.82) is 0 Å². The van der Waals surface area contributed by atoms with Crippen LogP contribution < -0.4 is 10.1 Å². The fraction of sp³-hybridized carbons (Fsp3) is 0.500. The second-order valence-electron chi connectivity index (χ2n) is 5.34. The van der Waals surface area contributed by atoms with Crippen LogP contribution in [0, 0.1) is 0 Å². The Morgan fingerprint density at radius 1 is 1.26 bits per heavy atom. The van der Waals surface area contributed by atoms with Crippen molar-refractivity contribution in [3.05, 3.63) is 30.5 Å². The molecular weight excluding hydrogens is 236 g/mol. The van der Waals surface area contributed by atoms with Gasteiger partial charge in [-0.3, -0.25) is 0 Å². The summed E-state index contributed by atoms with van der Waals surface area (Å²) in [4.78, 5) is 0. The van der Waals surface area contributed by atoms with Crippen LogP contribution in [0.4, 0.5) is 0 Å². The van der Waals surface area contributed by atoms with Gasteiger partial charge in [0.15, 0.2) is 0 Å². The number of hydrogen-bond donors (Lipinski definition) is 1. The van der Waals surface area contributed by atoms with Gasteiger partial charge in [-0.1, -0.05) is 18.9 Å². The number of aromatic nitrogens is 1. The van der Waals surface area contributed by atoms with Crippen molar-refractivity contribution in [2.75, 3.05) is 13.7 Å². The lowest BCUT2D eigenvalue weighted by Gasteiger charge is -2.12. The molecule has 0 atom stereocenters. The number of ether oxygens (including phenoxy) is 1. The van der Waals surface area contributed by atoms with Crippen LogP contribution in [-0.4, -0.2) is 24.3 Å². The Hall–Kier alpha value is -1.48. The Morgan fingerprint density at radius 3 is 2.89 bits per heavy atom. The lowest BCUT2D eigenvalue weighted by molar-refractivity contribution is 0.420. The van der Waals surface area contributed by atoms with Crippen LogP contribution in [0.3, 0.4) is 0 Å². The molecule has 0 unspecified atom stereocenters. The number of fused-ring (bicyclic) bond motifs is 1. The number of nitrogens with zero attached hydrogens (tertiary/aromatic N) is 1.